The Bertz CT molecular complexity index is 1310. The number of nitrogens with zero attached hydrogens (tertiary/aromatic N) is 5. The zero-order valence-corrected chi connectivity index (χ0v) is 21.7. The first-order valence-corrected chi connectivity index (χ1v) is 13.8. The number of anilines is 1. The summed E-state index contributed by atoms with van der Waals surface area (Å²) in [4.78, 5) is 49.0. The van der Waals surface area contributed by atoms with Crippen molar-refractivity contribution in [2.75, 3.05) is 11.5 Å². The Hall–Kier alpha value is -3.56. The molecule has 1 saturated heterocycles. The number of oxime groups is 1. The third-order valence-electron chi connectivity index (χ3n) is 6.51. The SMILES string of the molecule is Nc1nc(C(=NOC2CCCC2)C(=O)NC2C(=O)N3C(C(=O)[O-])=C(C[n+]4ccc(CO)cc4)CS[C@@H]23)ns1. The molecule has 0 radical (unpaired) electrons. The molecule has 2 amide bonds. The average molecular weight is 560 g/mol. The van der Waals surface area contributed by atoms with E-state index in [2.05, 4.69) is 19.8 Å². The number of aliphatic hydroxyl groups is 1. The van der Waals surface area contributed by atoms with Gasteiger partial charge in [0.15, 0.2) is 24.1 Å². The number of carboxylic acids is 1. The lowest BCUT2D eigenvalue weighted by molar-refractivity contribution is -0.689. The fraction of sp³-hybridized carbons (Fsp3) is 0.435. The molecule has 0 bridgehead atoms. The molecule has 3 aliphatic rings. The molecule has 38 heavy (non-hydrogen) atoms. The molecule has 15 heteroatoms. The minimum Gasteiger partial charge on any atom is -0.543 e. The van der Waals surface area contributed by atoms with Crippen molar-refractivity contribution in [3.8, 4) is 0 Å². The Morgan fingerprint density at radius 1 is 1.32 bits per heavy atom. The lowest BCUT2D eigenvalue weighted by Gasteiger charge is -2.50. The largest absolute Gasteiger partial charge is 0.543 e. The van der Waals surface area contributed by atoms with Crippen molar-refractivity contribution >= 4 is 51.9 Å². The van der Waals surface area contributed by atoms with Crippen LogP contribution in [0.25, 0.3) is 0 Å². The fourth-order valence-electron chi connectivity index (χ4n) is 4.56. The van der Waals surface area contributed by atoms with Gasteiger partial charge in [-0.25, -0.2) is 4.57 Å². The first-order valence-electron chi connectivity index (χ1n) is 12.0. The monoisotopic (exact) mass is 559 g/mol. The predicted molar refractivity (Wildman–Crippen MR) is 134 cm³/mol. The van der Waals surface area contributed by atoms with E-state index in [1.165, 1.54) is 11.8 Å². The number of carboxylic acid groups (broad SMARTS) is 1. The number of nitrogens with two attached hydrogens (primary N) is 1. The minimum absolute atomic E-state index is 0.00947. The van der Waals surface area contributed by atoms with Crippen molar-refractivity contribution in [3.63, 3.8) is 0 Å². The third kappa shape index (κ3) is 5.21. The molecule has 2 aliphatic heterocycles. The highest BCUT2D eigenvalue weighted by Crippen LogP contribution is 2.40. The highest BCUT2D eigenvalue weighted by atomic mass is 32.2. The predicted octanol–water partition coefficient (Wildman–Crippen LogP) is -1.33. The summed E-state index contributed by atoms with van der Waals surface area (Å²) >= 11 is 2.24. The topological polar surface area (TPSA) is 187 Å². The van der Waals surface area contributed by atoms with Crippen LogP contribution in [0.2, 0.25) is 0 Å². The highest BCUT2D eigenvalue weighted by Gasteiger charge is 2.53. The molecular formula is C23H25N7O6S2. The normalized spacial score (nSPS) is 21.8. The molecule has 2 fully saturated rings. The smallest absolute Gasteiger partial charge is 0.278 e. The van der Waals surface area contributed by atoms with Gasteiger partial charge in [0.2, 0.25) is 11.5 Å². The molecule has 4 N–H and O–H groups in total. The maximum atomic E-state index is 13.2. The molecule has 2 atom stereocenters. The van der Waals surface area contributed by atoms with Crippen LogP contribution in [0.5, 0.6) is 0 Å². The van der Waals surface area contributed by atoms with Crippen LogP contribution >= 0.6 is 23.3 Å². The van der Waals surface area contributed by atoms with Crippen molar-refractivity contribution in [1.29, 1.82) is 0 Å². The van der Waals surface area contributed by atoms with Crippen LogP contribution in [0.3, 0.4) is 0 Å². The lowest BCUT2D eigenvalue weighted by Crippen LogP contribution is -2.71. The highest BCUT2D eigenvalue weighted by molar-refractivity contribution is 8.00. The molecule has 1 unspecified atom stereocenters. The average Bonchev–Trinajstić information content (AvgIpc) is 3.59. The summed E-state index contributed by atoms with van der Waals surface area (Å²) in [5.41, 5.74) is 6.51. The number of aromatic nitrogens is 3. The van der Waals surface area contributed by atoms with E-state index >= 15 is 0 Å². The van der Waals surface area contributed by atoms with Gasteiger partial charge in [-0.3, -0.25) is 14.5 Å². The fourth-order valence-corrected chi connectivity index (χ4v) is 6.33. The summed E-state index contributed by atoms with van der Waals surface area (Å²) in [6, 6.07) is 2.46. The van der Waals surface area contributed by atoms with E-state index in [9.17, 15) is 24.6 Å². The van der Waals surface area contributed by atoms with E-state index in [0.717, 1.165) is 47.7 Å². The second-order valence-corrected chi connectivity index (χ2v) is 10.9. The van der Waals surface area contributed by atoms with Crippen LogP contribution in [0.1, 0.15) is 37.1 Å². The van der Waals surface area contributed by atoms with Crippen LogP contribution in [-0.4, -0.2) is 66.1 Å². The maximum absolute atomic E-state index is 13.2. The minimum atomic E-state index is -1.47. The quantitative estimate of drug-likeness (QED) is 0.144. The molecule has 2 aromatic rings. The molecule has 5 rings (SSSR count). The van der Waals surface area contributed by atoms with Gasteiger partial charge >= 0.3 is 0 Å². The molecule has 1 aliphatic carbocycles. The number of aliphatic carboxylic acids is 1. The van der Waals surface area contributed by atoms with E-state index in [-0.39, 0.29) is 41.6 Å². The van der Waals surface area contributed by atoms with E-state index in [0.29, 0.717) is 11.3 Å². The standard InChI is InChI=1S/C23H25N7O6S2/c24-23-26-18(28-38-23)15(27-36-14-3-1-2-4-14)19(32)25-16-20(33)30-17(22(34)35)13(11-37-21(16)30)9-29-7-5-12(10-31)6-8-29/h5-8,14,16,21,31H,1-4,9-11H2,(H3-,24,25,26,28,32,34,35)/t16?,21-/m0/s1. The van der Waals surface area contributed by atoms with Gasteiger partial charge in [-0.15, -0.1) is 11.8 Å². The van der Waals surface area contributed by atoms with Gasteiger partial charge in [0.05, 0.1) is 18.3 Å². The number of β-lactam (4-membered cyclic amide) rings is 1. The van der Waals surface area contributed by atoms with Gasteiger partial charge in [-0.05, 0) is 31.2 Å². The number of carbonyl (C=O) groups excluding carboxylic acids is 3. The number of nitrogen functional groups attached to an aromatic ring is 1. The molecule has 0 aromatic carbocycles. The number of nitrogens with one attached hydrogen (secondary N) is 1. The van der Waals surface area contributed by atoms with Crippen LogP contribution in [-0.2, 0) is 32.4 Å². The van der Waals surface area contributed by atoms with E-state index in [1.54, 1.807) is 29.1 Å². The number of pyridine rings is 1. The molecule has 13 nitrogen and oxygen atoms in total. The van der Waals surface area contributed by atoms with E-state index in [4.69, 9.17) is 10.6 Å². The summed E-state index contributed by atoms with van der Waals surface area (Å²) in [5, 5.41) is 27.5. The van der Waals surface area contributed by atoms with Crippen LogP contribution in [0.15, 0.2) is 41.0 Å². The van der Waals surface area contributed by atoms with Crippen molar-refractivity contribution in [2.45, 2.75) is 56.4 Å². The van der Waals surface area contributed by atoms with Gasteiger partial charge < -0.3 is 30.9 Å². The molecular weight excluding hydrogens is 534 g/mol. The summed E-state index contributed by atoms with van der Waals surface area (Å²) < 4.78 is 5.81. The zero-order valence-electron chi connectivity index (χ0n) is 20.1. The number of hydrogen-bond acceptors (Lipinski definition) is 12. The van der Waals surface area contributed by atoms with E-state index in [1.807, 2.05) is 0 Å². The lowest BCUT2D eigenvalue weighted by atomic mass is 10.0. The van der Waals surface area contributed by atoms with Crippen molar-refractivity contribution in [1.82, 2.24) is 19.6 Å². The Balaban J connectivity index is 1.32. The summed E-state index contributed by atoms with van der Waals surface area (Å²) in [6.07, 6.45) is 6.99. The summed E-state index contributed by atoms with van der Waals surface area (Å²) in [5.74, 6) is -2.46. The first kappa shape index (κ1) is 26.1. The van der Waals surface area contributed by atoms with Gasteiger partial charge in [0.25, 0.3) is 11.8 Å². The van der Waals surface area contributed by atoms with Crippen LogP contribution < -0.4 is 20.7 Å². The number of amides is 2. The molecule has 1 saturated carbocycles. The second kappa shape index (κ2) is 11.0. The maximum Gasteiger partial charge on any atom is 0.278 e. The van der Waals surface area contributed by atoms with Crippen molar-refractivity contribution in [2.24, 2.45) is 5.16 Å². The molecule has 0 spiro atoms. The van der Waals surface area contributed by atoms with Crippen LogP contribution in [0.4, 0.5) is 5.13 Å². The number of carbonyl (C=O) groups is 3. The molecule has 2 aromatic heterocycles. The Morgan fingerprint density at radius 2 is 2.05 bits per heavy atom. The van der Waals surface area contributed by atoms with Crippen LogP contribution in [0, 0.1) is 0 Å². The number of fused-ring (bicyclic) bond motifs is 1. The van der Waals surface area contributed by atoms with Gasteiger partial charge in [0, 0.05) is 35.0 Å². The van der Waals surface area contributed by atoms with Crippen molar-refractivity contribution < 1.29 is 34.0 Å². The van der Waals surface area contributed by atoms with Gasteiger partial charge in [-0.1, -0.05) is 5.16 Å². The van der Waals surface area contributed by atoms with Crippen molar-refractivity contribution in [3.05, 3.63) is 47.2 Å². The van der Waals surface area contributed by atoms with Gasteiger partial charge in [-0.2, -0.15) is 9.36 Å². The number of aliphatic hydroxyl groups excluding tert-OH is 1. The third-order valence-corrected chi connectivity index (χ3v) is 8.39. The summed E-state index contributed by atoms with van der Waals surface area (Å²) in [7, 11) is 0. The Kier molecular flexibility index (Phi) is 7.58. The summed E-state index contributed by atoms with van der Waals surface area (Å²) in [6.45, 7) is 0.119. The number of thioether (sulfide) groups is 1. The van der Waals surface area contributed by atoms with E-state index < -0.39 is 29.2 Å². The van der Waals surface area contributed by atoms with Gasteiger partial charge in [0.1, 0.15) is 17.5 Å². The number of hydrogen-bond donors (Lipinski definition) is 3. The Morgan fingerprint density at radius 3 is 2.68 bits per heavy atom. The number of rotatable bonds is 9. The molecule has 200 valence electrons. The second-order valence-electron chi connectivity index (χ2n) is 9.05. The Labute approximate surface area is 225 Å². The molecule has 4 heterocycles. The zero-order chi connectivity index (χ0) is 26.8. The first-order chi connectivity index (χ1) is 18.4.